The summed E-state index contributed by atoms with van der Waals surface area (Å²) in [6.45, 7) is 6.15. The molecule has 1 aliphatic heterocycles. The number of hydrogen-bond acceptors (Lipinski definition) is 3. The van der Waals surface area contributed by atoms with Crippen molar-refractivity contribution in [2.75, 3.05) is 19.8 Å². The summed E-state index contributed by atoms with van der Waals surface area (Å²) in [6, 6.07) is -0.0380. The van der Waals surface area contributed by atoms with Gasteiger partial charge in [-0.25, -0.2) is 0 Å². The number of carboxylic acids is 1. The first-order chi connectivity index (χ1) is 7.20. The minimum absolute atomic E-state index is 0.297. The first-order valence-corrected chi connectivity index (χ1v) is 5.77. The molecular formula is C11H21NO3. The van der Waals surface area contributed by atoms with Gasteiger partial charge < -0.3 is 9.84 Å². The van der Waals surface area contributed by atoms with Gasteiger partial charge in [-0.05, 0) is 32.7 Å². The minimum atomic E-state index is -0.708. The molecule has 0 aromatic heterocycles. The van der Waals surface area contributed by atoms with Gasteiger partial charge in [-0.2, -0.15) is 0 Å². The number of likely N-dealkylation sites (tertiary alicyclic amines) is 1. The fraction of sp³-hybridized carbons (Fsp3) is 0.909. The first kappa shape index (κ1) is 12.5. The summed E-state index contributed by atoms with van der Waals surface area (Å²) in [4.78, 5) is 13.1. The van der Waals surface area contributed by atoms with Crippen molar-refractivity contribution in [2.45, 2.75) is 45.2 Å². The lowest BCUT2D eigenvalue weighted by atomic mass is 10.1. The van der Waals surface area contributed by atoms with Crippen LogP contribution in [0.4, 0.5) is 0 Å². The molecule has 88 valence electrons. The van der Waals surface area contributed by atoms with Gasteiger partial charge in [-0.3, -0.25) is 9.69 Å². The van der Waals surface area contributed by atoms with Crippen LogP contribution in [0, 0.1) is 0 Å². The zero-order chi connectivity index (χ0) is 11.3. The van der Waals surface area contributed by atoms with Crippen molar-refractivity contribution in [3.8, 4) is 0 Å². The van der Waals surface area contributed by atoms with E-state index in [-0.39, 0.29) is 6.04 Å². The van der Waals surface area contributed by atoms with Crippen molar-refractivity contribution < 1.29 is 14.6 Å². The molecule has 1 rings (SSSR count). The average molecular weight is 215 g/mol. The zero-order valence-corrected chi connectivity index (χ0v) is 9.61. The second-order valence-electron chi connectivity index (χ2n) is 3.96. The third kappa shape index (κ3) is 3.18. The molecule has 2 atom stereocenters. The lowest BCUT2D eigenvalue weighted by Crippen LogP contribution is -2.45. The van der Waals surface area contributed by atoms with Crippen LogP contribution in [-0.2, 0) is 9.53 Å². The molecule has 1 saturated heterocycles. The van der Waals surface area contributed by atoms with Crippen LogP contribution in [0.15, 0.2) is 0 Å². The van der Waals surface area contributed by atoms with E-state index in [0.717, 1.165) is 19.4 Å². The molecule has 0 aromatic rings. The number of carbonyl (C=O) groups is 1. The molecule has 4 heteroatoms. The van der Waals surface area contributed by atoms with Crippen molar-refractivity contribution in [2.24, 2.45) is 0 Å². The van der Waals surface area contributed by atoms with Gasteiger partial charge >= 0.3 is 5.97 Å². The maximum absolute atomic E-state index is 11.1. The Kier molecular flexibility index (Phi) is 5.05. The lowest BCUT2D eigenvalue weighted by Gasteiger charge is -2.29. The molecule has 1 fully saturated rings. The average Bonchev–Trinajstić information content (AvgIpc) is 2.64. The zero-order valence-electron chi connectivity index (χ0n) is 9.61. The molecule has 0 amide bonds. The second kappa shape index (κ2) is 6.08. The molecule has 1 N–H and O–H groups in total. The van der Waals surface area contributed by atoms with Crippen molar-refractivity contribution in [3.63, 3.8) is 0 Å². The van der Waals surface area contributed by atoms with Gasteiger partial charge in [0.25, 0.3) is 0 Å². The van der Waals surface area contributed by atoms with Gasteiger partial charge in [-0.15, -0.1) is 0 Å². The Morgan fingerprint density at radius 3 is 2.87 bits per heavy atom. The van der Waals surface area contributed by atoms with E-state index in [4.69, 9.17) is 9.84 Å². The molecule has 0 aromatic carbocycles. The molecule has 4 nitrogen and oxygen atoms in total. The Morgan fingerprint density at radius 2 is 2.33 bits per heavy atom. The molecule has 1 aliphatic rings. The van der Waals surface area contributed by atoms with Crippen LogP contribution in [0.1, 0.15) is 33.1 Å². The normalized spacial score (nSPS) is 24.3. The van der Waals surface area contributed by atoms with Crippen molar-refractivity contribution in [3.05, 3.63) is 0 Å². The molecule has 0 unspecified atom stereocenters. The Labute approximate surface area is 91.2 Å². The molecule has 1 heterocycles. The molecule has 15 heavy (non-hydrogen) atoms. The predicted molar refractivity (Wildman–Crippen MR) is 57.9 cm³/mol. The third-order valence-corrected chi connectivity index (χ3v) is 3.01. The van der Waals surface area contributed by atoms with Crippen LogP contribution >= 0.6 is 0 Å². The molecule has 0 radical (unpaired) electrons. The van der Waals surface area contributed by atoms with Gasteiger partial charge in [0.15, 0.2) is 0 Å². The Bertz CT molecular complexity index is 208. The predicted octanol–water partition coefficient (Wildman–Crippen LogP) is 1.35. The van der Waals surface area contributed by atoms with Gasteiger partial charge in [-0.1, -0.05) is 6.92 Å². The summed E-state index contributed by atoms with van der Waals surface area (Å²) < 4.78 is 5.39. The van der Waals surface area contributed by atoms with Gasteiger partial charge in [0.1, 0.15) is 6.04 Å². The largest absolute Gasteiger partial charge is 0.480 e. The monoisotopic (exact) mass is 215 g/mol. The standard InChI is InChI=1S/C11H21NO3/c1-3-10(11(13)14)12-7-5-6-9(12)8-15-4-2/h9-10H,3-8H2,1-2H3,(H,13,14)/t9-,10-/m0/s1. The van der Waals surface area contributed by atoms with E-state index in [1.54, 1.807) is 0 Å². The molecule has 0 aliphatic carbocycles. The van der Waals surface area contributed by atoms with Gasteiger partial charge in [0.2, 0.25) is 0 Å². The maximum Gasteiger partial charge on any atom is 0.320 e. The van der Waals surface area contributed by atoms with Crippen LogP contribution in [0.5, 0.6) is 0 Å². The van der Waals surface area contributed by atoms with E-state index >= 15 is 0 Å². The number of hydrogen-bond donors (Lipinski definition) is 1. The van der Waals surface area contributed by atoms with Crippen LogP contribution < -0.4 is 0 Å². The van der Waals surface area contributed by atoms with Gasteiger partial charge in [0.05, 0.1) is 6.61 Å². The van der Waals surface area contributed by atoms with Crippen molar-refractivity contribution >= 4 is 5.97 Å². The summed E-state index contributed by atoms with van der Waals surface area (Å²) in [6.07, 6.45) is 2.81. The first-order valence-electron chi connectivity index (χ1n) is 5.77. The van der Waals surface area contributed by atoms with Crippen LogP contribution in [0.3, 0.4) is 0 Å². The van der Waals surface area contributed by atoms with E-state index < -0.39 is 5.97 Å². The van der Waals surface area contributed by atoms with Crippen molar-refractivity contribution in [1.82, 2.24) is 4.90 Å². The summed E-state index contributed by atoms with van der Waals surface area (Å²) in [5.74, 6) is -0.708. The van der Waals surface area contributed by atoms with Crippen molar-refractivity contribution in [1.29, 1.82) is 0 Å². The molecular weight excluding hydrogens is 194 g/mol. The molecule has 0 saturated carbocycles. The van der Waals surface area contributed by atoms with E-state index in [1.807, 2.05) is 13.8 Å². The molecule has 0 bridgehead atoms. The van der Waals surface area contributed by atoms with Crippen LogP contribution in [0.2, 0.25) is 0 Å². The number of carboxylic acid groups (broad SMARTS) is 1. The number of nitrogens with zero attached hydrogens (tertiary/aromatic N) is 1. The SMILES string of the molecule is CCOC[C@@H]1CCCN1[C@@H](CC)C(=O)O. The van der Waals surface area contributed by atoms with Crippen LogP contribution in [-0.4, -0.2) is 47.8 Å². The number of ether oxygens (including phenoxy) is 1. The quantitative estimate of drug-likeness (QED) is 0.726. The Hall–Kier alpha value is -0.610. The summed E-state index contributed by atoms with van der Waals surface area (Å²) >= 11 is 0. The fourth-order valence-electron chi connectivity index (χ4n) is 2.25. The highest BCUT2D eigenvalue weighted by atomic mass is 16.5. The van der Waals surface area contributed by atoms with E-state index in [0.29, 0.717) is 25.7 Å². The highest BCUT2D eigenvalue weighted by molar-refractivity contribution is 5.73. The third-order valence-electron chi connectivity index (χ3n) is 3.01. The second-order valence-corrected chi connectivity index (χ2v) is 3.96. The summed E-state index contributed by atoms with van der Waals surface area (Å²) in [5, 5.41) is 9.09. The minimum Gasteiger partial charge on any atom is -0.480 e. The number of rotatable bonds is 6. The van der Waals surface area contributed by atoms with E-state index in [9.17, 15) is 4.79 Å². The topological polar surface area (TPSA) is 49.8 Å². The Morgan fingerprint density at radius 1 is 1.60 bits per heavy atom. The van der Waals surface area contributed by atoms with Crippen LogP contribution in [0.25, 0.3) is 0 Å². The summed E-state index contributed by atoms with van der Waals surface area (Å²) in [7, 11) is 0. The lowest BCUT2D eigenvalue weighted by molar-refractivity contribution is -0.144. The highest BCUT2D eigenvalue weighted by Crippen LogP contribution is 2.22. The van der Waals surface area contributed by atoms with Gasteiger partial charge in [0, 0.05) is 12.6 Å². The molecule has 0 spiro atoms. The number of aliphatic carboxylic acids is 1. The summed E-state index contributed by atoms with van der Waals surface area (Å²) in [5.41, 5.74) is 0. The van der Waals surface area contributed by atoms with E-state index in [2.05, 4.69) is 4.90 Å². The Balaban J connectivity index is 2.53. The maximum atomic E-state index is 11.1. The highest BCUT2D eigenvalue weighted by Gasteiger charge is 2.33. The fourth-order valence-corrected chi connectivity index (χ4v) is 2.25. The smallest absolute Gasteiger partial charge is 0.320 e. The van der Waals surface area contributed by atoms with E-state index in [1.165, 1.54) is 0 Å².